The summed E-state index contributed by atoms with van der Waals surface area (Å²) in [6.07, 6.45) is 5.39. The summed E-state index contributed by atoms with van der Waals surface area (Å²) in [6.45, 7) is 2.26. The number of piperidine rings is 1. The highest BCUT2D eigenvalue weighted by Crippen LogP contribution is 2.31. The summed E-state index contributed by atoms with van der Waals surface area (Å²) in [5.74, 6) is 0. The van der Waals surface area contributed by atoms with Gasteiger partial charge in [0.25, 0.3) is 0 Å². The van der Waals surface area contributed by atoms with E-state index in [1.54, 1.807) is 34.8 Å². The van der Waals surface area contributed by atoms with Crippen molar-refractivity contribution in [2.24, 2.45) is 0 Å². The molecule has 0 bridgehead atoms. The van der Waals surface area contributed by atoms with Crippen LogP contribution in [0.3, 0.4) is 0 Å². The third-order valence-electron chi connectivity index (χ3n) is 5.79. The van der Waals surface area contributed by atoms with Crippen LogP contribution in [0.1, 0.15) is 24.8 Å². The van der Waals surface area contributed by atoms with E-state index in [4.69, 9.17) is 0 Å². The third-order valence-corrected chi connectivity index (χ3v) is 7.68. The van der Waals surface area contributed by atoms with E-state index in [0.717, 1.165) is 43.5 Å². The van der Waals surface area contributed by atoms with Gasteiger partial charge < -0.3 is 4.90 Å². The zero-order chi connectivity index (χ0) is 20.0. The van der Waals surface area contributed by atoms with Crippen LogP contribution in [0.4, 0.5) is 5.69 Å². The molecular weight excluding hydrogens is 390 g/mol. The van der Waals surface area contributed by atoms with Crippen molar-refractivity contribution < 1.29 is 8.42 Å². The molecule has 152 valence electrons. The molecule has 8 nitrogen and oxygen atoms in total. The van der Waals surface area contributed by atoms with Crippen molar-refractivity contribution in [3.63, 3.8) is 0 Å². The Balaban J connectivity index is 1.42. The molecule has 2 aromatic heterocycles. The summed E-state index contributed by atoms with van der Waals surface area (Å²) in [7, 11) is -3.44. The summed E-state index contributed by atoms with van der Waals surface area (Å²) < 4.78 is 30.5. The van der Waals surface area contributed by atoms with Crippen LogP contribution in [-0.2, 0) is 23.1 Å². The van der Waals surface area contributed by atoms with E-state index in [9.17, 15) is 13.2 Å². The number of hydrogen-bond acceptors (Lipinski definition) is 5. The standard InChI is InChI=1S/C20H23N5O3S/c26-20-24-12-5-2-6-19(24)21-25(20)15-22-13-9-16-14-17(7-8-18(16)22)29(27,28)23-10-3-1-4-11-23/h2,5-8,12,14H,1,3-4,9-11,13,15H2. The summed E-state index contributed by atoms with van der Waals surface area (Å²) >= 11 is 0. The molecule has 0 amide bonds. The second-order valence-electron chi connectivity index (χ2n) is 7.62. The van der Waals surface area contributed by atoms with Crippen LogP contribution in [-0.4, -0.2) is 46.5 Å². The Morgan fingerprint density at radius 3 is 2.62 bits per heavy atom. The number of nitrogens with zero attached hydrogens (tertiary/aromatic N) is 5. The second kappa shape index (κ2) is 7.00. The predicted octanol–water partition coefficient (Wildman–Crippen LogP) is 1.69. The van der Waals surface area contributed by atoms with Gasteiger partial charge in [0, 0.05) is 31.5 Å². The first kappa shape index (κ1) is 18.4. The Labute approximate surface area is 169 Å². The van der Waals surface area contributed by atoms with Crippen LogP contribution in [0.2, 0.25) is 0 Å². The largest absolute Gasteiger partial charge is 0.352 e. The minimum absolute atomic E-state index is 0.182. The van der Waals surface area contributed by atoms with Gasteiger partial charge in [0.15, 0.2) is 5.65 Å². The Hall–Kier alpha value is -2.65. The van der Waals surface area contributed by atoms with Gasteiger partial charge in [-0.1, -0.05) is 12.5 Å². The van der Waals surface area contributed by atoms with Crippen molar-refractivity contribution in [3.8, 4) is 0 Å². The maximum atomic E-state index is 13.0. The number of anilines is 1. The molecule has 0 atom stereocenters. The number of sulfonamides is 1. The topological polar surface area (TPSA) is 79.9 Å². The summed E-state index contributed by atoms with van der Waals surface area (Å²) in [6, 6.07) is 10.8. The molecular formula is C20H23N5O3S. The van der Waals surface area contributed by atoms with Crippen LogP contribution >= 0.6 is 0 Å². The average molecular weight is 414 g/mol. The molecule has 0 unspecified atom stereocenters. The molecule has 0 spiro atoms. The van der Waals surface area contributed by atoms with E-state index < -0.39 is 10.0 Å². The number of aromatic nitrogens is 3. The van der Waals surface area contributed by atoms with Gasteiger partial charge in [-0.15, -0.1) is 5.10 Å². The number of benzene rings is 1. The van der Waals surface area contributed by atoms with Gasteiger partial charge in [-0.3, -0.25) is 4.40 Å². The molecule has 9 heteroatoms. The van der Waals surface area contributed by atoms with Gasteiger partial charge in [-0.05, 0) is 55.2 Å². The Bertz CT molecular complexity index is 1220. The number of rotatable bonds is 4. The molecule has 0 N–H and O–H groups in total. The van der Waals surface area contributed by atoms with Gasteiger partial charge in [0.1, 0.15) is 6.67 Å². The van der Waals surface area contributed by atoms with Gasteiger partial charge >= 0.3 is 5.69 Å². The van der Waals surface area contributed by atoms with E-state index in [0.29, 0.717) is 30.3 Å². The molecule has 1 saturated heterocycles. The Kier molecular flexibility index (Phi) is 4.44. The van der Waals surface area contributed by atoms with Crippen molar-refractivity contribution in [1.82, 2.24) is 18.5 Å². The smallest absolute Gasteiger partial charge is 0.351 e. The highest BCUT2D eigenvalue weighted by molar-refractivity contribution is 7.89. The monoisotopic (exact) mass is 413 g/mol. The fourth-order valence-corrected chi connectivity index (χ4v) is 5.80. The summed E-state index contributed by atoms with van der Waals surface area (Å²) in [5.41, 5.74) is 2.39. The van der Waals surface area contributed by atoms with Gasteiger partial charge in [0.2, 0.25) is 10.0 Å². The lowest BCUT2D eigenvalue weighted by atomic mass is 10.2. The fourth-order valence-electron chi connectivity index (χ4n) is 4.23. The van der Waals surface area contributed by atoms with Gasteiger partial charge in [-0.25, -0.2) is 13.2 Å². The quantitative estimate of drug-likeness (QED) is 0.650. The van der Waals surface area contributed by atoms with Crippen molar-refractivity contribution in [2.45, 2.75) is 37.2 Å². The molecule has 1 aromatic carbocycles. The number of hydrogen-bond donors (Lipinski definition) is 0. The third kappa shape index (κ3) is 3.14. The molecule has 5 rings (SSSR count). The molecule has 3 aromatic rings. The summed E-state index contributed by atoms with van der Waals surface area (Å²) in [5, 5.41) is 4.39. The van der Waals surface area contributed by atoms with E-state index in [2.05, 4.69) is 10.00 Å². The van der Waals surface area contributed by atoms with Crippen molar-refractivity contribution in [2.75, 3.05) is 24.5 Å². The molecule has 0 saturated carbocycles. The molecule has 29 heavy (non-hydrogen) atoms. The van der Waals surface area contributed by atoms with Crippen LogP contribution in [0.15, 0.2) is 52.3 Å². The van der Waals surface area contributed by atoms with Gasteiger partial charge in [-0.2, -0.15) is 8.99 Å². The van der Waals surface area contributed by atoms with Crippen molar-refractivity contribution in [1.29, 1.82) is 0 Å². The maximum absolute atomic E-state index is 13.0. The maximum Gasteiger partial charge on any atom is 0.352 e. The zero-order valence-electron chi connectivity index (χ0n) is 16.1. The van der Waals surface area contributed by atoms with Crippen molar-refractivity contribution >= 4 is 21.4 Å². The lowest BCUT2D eigenvalue weighted by Gasteiger charge is -2.26. The predicted molar refractivity (Wildman–Crippen MR) is 110 cm³/mol. The minimum Gasteiger partial charge on any atom is -0.351 e. The molecule has 2 aliphatic rings. The highest BCUT2D eigenvalue weighted by atomic mass is 32.2. The average Bonchev–Trinajstić information content (AvgIpc) is 3.30. The number of pyridine rings is 1. The Morgan fingerprint density at radius 2 is 1.83 bits per heavy atom. The molecule has 2 aliphatic heterocycles. The van der Waals surface area contributed by atoms with E-state index in [-0.39, 0.29) is 5.69 Å². The van der Waals surface area contributed by atoms with Gasteiger partial charge in [0.05, 0.1) is 4.90 Å². The lowest BCUT2D eigenvalue weighted by molar-refractivity contribution is 0.346. The van der Waals surface area contributed by atoms with E-state index >= 15 is 0 Å². The lowest BCUT2D eigenvalue weighted by Crippen LogP contribution is -2.35. The van der Waals surface area contributed by atoms with Crippen LogP contribution < -0.4 is 10.6 Å². The van der Waals surface area contributed by atoms with Crippen LogP contribution in [0.25, 0.3) is 5.65 Å². The van der Waals surface area contributed by atoms with E-state index in [1.807, 2.05) is 12.1 Å². The van der Waals surface area contributed by atoms with Crippen LogP contribution in [0.5, 0.6) is 0 Å². The zero-order valence-corrected chi connectivity index (χ0v) is 16.9. The van der Waals surface area contributed by atoms with Crippen molar-refractivity contribution in [3.05, 3.63) is 58.6 Å². The minimum atomic E-state index is -3.44. The first-order chi connectivity index (χ1) is 14.0. The highest BCUT2D eigenvalue weighted by Gasteiger charge is 2.28. The molecule has 4 heterocycles. The second-order valence-corrected chi connectivity index (χ2v) is 9.56. The first-order valence-electron chi connectivity index (χ1n) is 9.96. The van der Waals surface area contributed by atoms with E-state index in [1.165, 1.54) is 9.08 Å². The SMILES string of the molecule is O=c1n(CN2CCc3cc(S(=O)(=O)N4CCCCC4)ccc32)nc2ccccn12. The normalized spacial score (nSPS) is 17.7. The molecule has 0 aliphatic carbocycles. The molecule has 1 fully saturated rings. The molecule has 0 radical (unpaired) electrons. The summed E-state index contributed by atoms with van der Waals surface area (Å²) in [4.78, 5) is 15.0. The number of fused-ring (bicyclic) bond motifs is 2. The Morgan fingerprint density at radius 1 is 1.00 bits per heavy atom. The first-order valence-corrected chi connectivity index (χ1v) is 11.4. The van der Waals surface area contributed by atoms with Crippen LogP contribution in [0, 0.1) is 0 Å². The fraction of sp³-hybridized carbons (Fsp3) is 0.400.